The van der Waals surface area contributed by atoms with Crippen LogP contribution in [-0.2, 0) is 11.2 Å². The number of imidazole rings is 1. The monoisotopic (exact) mass is 284 g/mol. The average molecular weight is 284 g/mol. The highest BCUT2D eigenvalue weighted by Gasteiger charge is 2.24. The Morgan fingerprint density at radius 2 is 2.19 bits per heavy atom. The molecule has 1 saturated carbocycles. The Morgan fingerprint density at radius 1 is 1.38 bits per heavy atom. The van der Waals surface area contributed by atoms with Crippen LogP contribution < -0.4 is 0 Å². The highest BCUT2D eigenvalue weighted by Crippen LogP contribution is 2.29. The van der Waals surface area contributed by atoms with E-state index >= 15 is 0 Å². The fraction of sp³-hybridized carbons (Fsp3) is 0.412. The summed E-state index contributed by atoms with van der Waals surface area (Å²) in [6.45, 7) is 4.72. The lowest BCUT2D eigenvalue weighted by atomic mass is 10.0. The molecule has 0 radical (unpaired) electrons. The van der Waals surface area contributed by atoms with Crippen molar-refractivity contribution in [2.75, 3.05) is 6.61 Å². The first-order chi connectivity index (χ1) is 10.1. The Morgan fingerprint density at radius 3 is 2.95 bits per heavy atom. The van der Waals surface area contributed by atoms with E-state index in [1.807, 2.05) is 6.07 Å². The zero-order valence-electron chi connectivity index (χ0n) is 12.5. The van der Waals surface area contributed by atoms with Crippen molar-refractivity contribution in [2.45, 2.75) is 33.1 Å². The van der Waals surface area contributed by atoms with Crippen LogP contribution in [0.4, 0.5) is 4.79 Å². The minimum atomic E-state index is -0.320. The molecule has 0 amide bonds. The molecule has 1 aliphatic carbocycles. The number of aryl methyl sites for hydroxylation is 1. The summed E-state index contributed by atoms with van der Waals surface area (Å²) < 4.78 is 6.84. The maximum atomic E-state index is 12.1. The lowest BCUT2D eigenvalue weighted by Gasteiger charge is -2.10. The summed E-state index contributed by atoms with van der Waals surface area (Å²) in [6.07, 6.45) is 5.99. The smallest absolute Gasteiger partial charge is 0.419 e. The number of hydrogen-bond donors (Lipinski definition) is 0. The van der Waals surface area contributed by atoms with Crippen LogP contribution in [0.3, 0.4) is 0 Å². The van der Waals surface area contributed by atoms with Gasteiger partial charge in [0.1, 0.15) is 5.82 Å². The molecule has 0 aliphatic heterocycles. The number of carbonyl (C=O) groups excluding carboxylic acids is 1. The van der Waals surface area contributed by atoms with E-state index in [-0.39, 0.29) is 6.09 Å². The topological polar surface area (TPSA) is 44.1 Å². The van der Waals surface area contributed by atoms with E-state index in [1.165, 1.54) is 34.1 Å². The van der Waals surface area contributed by atoms with Gasteiger partial charge < -0.3 is 4.74 Å². The molecule has 3 rings (SSSR count). The molecular weight excluding hydrogens is 264 g/mol. The van der Waals surface area contributed by atoms with Gasteiger partial charge in [-0.2, -0.15) is 0 Å². The van der Waals surface area contributed by atoms with E-state index in [4.69, 9.17) is 4.74 Å². The van der Waals surface area contributed by atoms with Crippen LogP contribution in [0, 0.1) is 19.8 Å². The molecule has 1 aromatic carbocycles. The lowest BCUT2D eigenvalue weighted by Crippen LogP contribution is -2.17. The van der Waals surface area contributed by atoms with E-state index in [2.05, 4.69) is 31.0 Å². The molecule has 1 heterocycles. The zero-order valence-corrected chi connectivity index (χ0v) is 12.5. The van der Waals surface area contributed by atoms with Gasteiger partial charge in [-0.3, -0.25) is 0 Å². The van der Waals surface area contributed by atoms with Crippen LogP contribution >= 0.6 is 0 Å². The minimum absolute atomic E-state index is 0.320. The lowest BCUT2D eigenvalue weighted by molar-refractivity contribution is 0.142. The molecule has 0 unspecified atom stereocenters. The molecule has 0 atom stereocenters. The summed E-state index contributed by atoms with van der Waals surface area (Å²) in [7, 11) is 0. The summed E-state index contributed by atoms with van der Waals surface area (Å²) >= 11 is 0. The molecule has 0 spiro atoms. The van der Waals surface area contributed by atoms with Gasteiger partial charge >= 0.3 is 6.09 Å². The molecule has 2 aromatic rings. The number of rotatable bonds is 4. The molecule has 1 fully saturated rings. The number of aromatic nitrogens is 2. The Bertz CT molecular complexity index is 657. The maximum absolute atomic E-state index is 12.1. The van der Waals surface area contributed by atoms with Gasteiger partial charge in [0.15, 0.2) is 0 Å². The Balaban J connectivity index is 1.75. The van der Waals surface area contributed by atoms with E-state index in [0.717, 1.165) is 5.82 Å². The second-order valence-corrected chi connectivity index (χ2v) is 5.77. The molecular formula is C17H20N2O2. The highest BCUT2D eigenvalue weighted by atomic mass is 16.5. The van der Waals surface area contributed by atoms with Crippen molar-refractivity contribution in [2.24, 2.45) is 5.92 Å². The molecule has 110 valence electrons. The SMILES string of the molecule is Cc1cccc(Cc2nccn2C(=O)OCC2CC2)c1C. The predicted molar refractivity (Wildman–Crippen MR) is 80.4 cm³/mol. The van der Waals surface area contributed by atoms with Crippen molar-refractivity contribution in [3.05, 3.63) is 53.1 Å². The third-order valence-electron chi connectivity index (χ3n) is 4.12. The van der Waals surface area contributed by atoms with Crippen molar-refractivity contribution < 1.29 is 9.53 Å². The minimum Gasteiger partial charge on any atom is -0.449 e. The molecule has 21 heavy (non-hydrogen) atoms. The Labute approximate surface area is 124 Å². The van der Waals surface area contributed by atoms with Gasteiger partial charge in [-0.05, 0) is 49.3 Å². The van der Waals surface area contributed by atoms with Crippen molar-refractivity contribution >= 4 is 6.09 Å². The summed E-state index contributed by atoms with van der Waals surface area (Å²) in [5.41, 5.74) is 3.69. The van der Waals surface area contributed by atoms with Gasteiger partial charge in [0.2, 0.25) is 0 Å². The number of benzene rings is 1. The number of hydrogen-bond acceptors (Lipinski definition) is 3. The van der Waals surface area contributed by atoms with E-state index < -0.39 is 0 Å². The number of carbonyl (C=O) groups is 1. The third-order valence-corrected chi connectivity index (χ3v) is 4.12. The Hall–Kier alpha value is -2.10. The highest BCUT2D eigenvalue weighted by molar-refractivity contribution is 5.71. The second-order valence-electron chi connectivity index (χ2n) is 5.77. The summed E-state index contributed by atoms with van der Waals surface area (Å²) in [4.78, 5) is 16.4. The molecule has 1 aliphatic rings. The van der Waals surface area contributed by atoms with Gasteiger partial charge in [-0.1, -0.05) is 18.2 Å². The van der Waals surface area contributed by atoms with E-state index in [0.29, 0.717) is 18.9 Å². The summed E-state index contributed by atoms with van der Waals surface area (Å²) in [5, 5.41) is 0. The van der Waals surface area contributed by atoms with Crippen molar-refractivity contribution in [3.63, 3.8) is 0 Å². The van der Waals surface area contributed by atoms with Crippen molar-refractivity contribution in [1.29, 1.82) is 0 Å². The maximum Gasteiger partial charge on any atom is 0.419 e. The fourth-order valence-electron chi connectivity index (χ4n) is 2.35. The van der Waals surface area contributed by atoms with Crippen LogP contribution in [0.15, 0.2) is 30.6 Å². The van der Waals surface area contributed by atoms with E-state index in [9.17, 15) is 4.79 Å². The second kappa shape index (κ2) is 5.72. The van der Waals surface area contributed by atoms with Crippen LogP contribution in [0.5, 0.6) is 0 Å². The number of ether oxygens (including phenoxy) is 1. The normalized spacial score (nSPS) is 14.2. The third kappa shape index (κ3) is 3.15. The van der Waals surface area contributed by atoms with Crippen LogP contribution in [0.2, 0.25) is 0 Å². The summed E-state index contributed by atoms with van der Waals surface area (Å²) in [5.74, 6) is 1.30. The van der Waals surface area contributed by atoms with Crippen LogP contribution in [-0.4, -0.2) is 22.3 Å². The largest absolute Gasteiger partial charge is 0.449 e. The zero-order chi connectivity index (χ0) is 14.8. The average Bonchev–Trinajstić information content (AvgIpc) is 3.19. The van der Waals surface area contributed by atoms with Gasteiger partial charge in [0.25, 0.3) is 0 Å². The van der Waals surface area contributed by atoms with Gasteiger partial charge in [-0.15, -0.1) is 0 Å². The van der Waals surface area contributed by atoms with Gasteiger partial charge in [0, 0.05) is 18.8 Å². The van der Waals surface area contributed by atoms with Crippen LogP contribution in [0.1, 0.15) is 35.4 Å². The first kappa shape index (κ1) is 13.9. The number of nitrogens with zero attached hydrogens (tertiary/aromatic N) is 2. The molecule has 4 nitrogen and oxygen atoms in total. The van der Waals surface area contributed by atoms with Gasteiger partial charge in [-0.25, -0.2) is 14.3 Å². The van der Waals surface area contributed by atoms with Crippen molar-refractivity contribution in [3.8, 4) is 0 Å². The molecule has 1 aromatic heterocycles. The van der Waals surface area contributed by atoms with E-state index in [1.54, 1.807) is 12.4 Å². The summed E-state index contributed by atoms with van der Waals surface area (Å²) in [6, 6.07) is 6.21. The first-order valence-electron chi connectivity index (χ1n) is 7.39. The molecule has 0 N–H and O–H groups in total. The fourth-order valence-corrected chi connectivity index (χ4v) is 2.35. The van der Waals surface area contributed by atoms with Crippen LogP contribution in [0.25, 0.3) is 0 Å². The molecule has 0 saturated heterocycles. The predicted octanol–water partition coefficient (Wildman–Crippen LogP) is 3.49. The van der Waals surface area contributed by atoms with Gasteiger partial charge in [0.05, 0.1) is 6.61 Å². The first-order valence-corrected chi connectivity index (χ1v) is 7.39. The quantitative estimate of drug-likeness (QED) is 0.863. The Kier molecular flexibility index (Phi) is 3.78. The van der Waals surface area contributed by atoms with Crippen molar-refractivity contribution in [1.82, 2.24) is 9.55 Å². The molecule has 4 heteroatoms. The molecule has 0 bridgehead atoms. The standard InChI is InChI=1S/C17H20N2O2/c1-12-4-3-5-15(13(12)2)10-16-18-8-9-19(16)17(20)21-11-14-6-7-14/h3-5,8-9,14H,6-7,10-11H2,1-2H3.